The van der Waals surface area contributed by atoms with Gasteiger partial charge >= 0.3 is 0 Å². The van der Waals surface area contributed by atoms with Crippen LogP contribution in [0.5, 0.6) is 23.0 Å². The van der Waals surface area contributed by atoms with Gasteiger partial charge in [0.1, 0.15) is 16.5 Å². The zero-order valence-corrected chi connectivity index (χ0v) is 20.6. The van der Waals surface area contributed by atoms with Crippen molar-refractivity contribution in [2.45, 2.75) is 4.21 Å². The molecular weight excluding hydrogens is 476 g/mol. The smallest absolute Gasteiger partial charge is 0.205 e. The number of thioether (sulfide) groups is 1. The summed E-state index contributed by atoms with van der Waals surface area (Å²) in [5.41, 5.74) is 7.20. The number of nitrogen functional groups attached to an aromatic ring is 1. The highest BCUT2D eigenvalue weighted by Gasteiger charge is 2.24. The Morgan fingerprint density at radius 1 is 0.912 bits per heavy atom. The Hall–Kier alpha value is -3.68. The fourth-order valence-corrected chi connectivity index (χ4v) is 5.39. The minimum atomic E-state index is -0.349. The molecule has 2 N–H and O–H groups in total. The summed E-state index contributed by atoms with van der Waals surface area (Å²) >= 11 is 2.24. The van der Waals surface area contributed by atoms with Crippen molar-refractivity contribution in [2.75, 3.05) is 39.9 Å². The fraction of sp³-hybridized carbons (Fsp3) is 0.208. The van der Waals surface area contributed by atoms with Crippen LogP contribution >= 0.6 is 23.1 Å². The summed E-state index contributed by atoms with van der Waals surface area (Å²) in [5.74, 6) is 1.38. The van der Waals surface area contributed by atoms with Gasteiger partial charge in [0.2, 0.25) is 5.78 Å². The van der Waals surface area contributed by atoms with Crippen molar-refractivity contribution in [3.05, 3.63) is 58.0 Å². The number of benzene rings is 2. The molecule has 34 heavy (non-hydrogen) atoms. The summed E-state index contributed by atoms with van der Waals surface area (Å²) in [6.45, 7) is 0. The molecule has 0 aliphatic rings. The Morgan fingerprint density at radius 2 is 1.44 bits per heavy atom. The van der Waals surface area contributed by atoms with E-state index in [-0.39, 0.29) is 33.4 Å². The van der Waals surface area contributed by atoms with E-state index in [1.165, 1.54) is 28.4 Å². The van der Waals surface area contributed by atoms with Crippen LogP contribution in [0.25, 0.3) is 0 Å². The number of Topliss-reactive ketones (excluding diaryl/α,β-unsaturated/α-hetero) is 1. The average molecular weight is 499 g/mol. The summed E-state index contributed by atoms with van der Waals surface area (Å²) in [4.78, 5) is 26.1. The zero-order valence-electron chi connectivity index (χ0n) is 19.0. The number of hydrogen-bond acceptors (Lipinski definition) is 10. The van der Waals surface area contributed by atoms with E-state index in [1.54, 1.807) is 36.4 Å². The van der Waals surface area contributed by atoms with Crippen LogP contribution in [0.2, 0.25) is 0 Å². The number of ketones is 2. The summed E-state index contributed by atoms with van der Waals surface area (Å²) in [7, 11) is 5.98. The molecule has 0 unspecified atom stereocenters. The molecule has 0 aliphatic carbocycles. The van der Waals surface area contributed by atoms with Gasteiger partial charge in [-0.25, -0.2) is 0 Å². The molecule has 2 aromatic carbocycles. The number of hydrogen-bond donors (Lipinski definition) is 1. The van der Waals surface area contributed by atoms with Crippen LogP contribution in [0.15, 0.2) is 40.6 Å². The maximum Gasteiger partial charge on any atom is 0.205 e. The van der Waals surface area contributed by atoms with Gasteiger partial charge in [0.15, 0.2) is 28.8 Å². The second-order valence-corrected chi connectivity index (χ2v) is 9.06. The SMILES string of the molecule is COc1ccc(C(=O)CSc2sc(C(=O)c3ccc(OC)c(OC)c3)c(N)c2C#N)cc1OC. The van der Waals surface area contributed by atoms with E-state index >= 15 is 0 Å². The first kappa shape index (κ1) is 25.0. The molecule has 0 radical (unpaired) electrons. The predicted molar refractivity (Wildman–Crippen MR) is 131 cm³/mol. The number of carbonyl (C=O) groups excluding carboxylic acids is 2. The molecule has 0 atom stereocenters. The number of rotatable bonds is 10. The number of carbonyl (C=O) groups is 2. The number of nitriles is 1. The largest absolute Gasteiger partial charge is 0.493 e. The van der Waals surface area contributed by atoms with Gasteiger partial charge in [-0.2, -0.15) is 5.26 Å². The number of nitrogens with two attached hydrogens (primary N) is 1. The molecule has 3 aromatic rings. The minimum absolute atomic E-state index is 0.0497. The summed E-state index contributed by atoms with van der Waals surface area (Å²) in [5, 5.41) is 9.62. The van der Waals surface area contributed by atoms with Gasteiger partial charge in [-0.3, -0.25) is 9.59 Å². The first-order chi connectivity index (χ1) is 16.4. The Balaban J connectivity index is 1.84. The van der Waals surface area contributed by atoms with Gasteiger partial charge in [-0.05, 0) is 36.4 Å². The first-order valence-electron chi connectivity index (χ1n) is 9.85. The molecule has 0 saturated heterocycles. The molecule has 0 amide bonds. The van der Waals surface area contributed by atoms with Crippen molar-refractivity contribution in [3.63, 3.8) is 0 Å². The molecule has 0 saturated carbocycles. The standard InChI is InChI=1S/C24H22N2O6S2/c1-29-17-7-5-13(9-19(17)31-3)16(27)12-33-24-15(11-25)21(26)23(34-24)22(28)14-6-8-18(30-2)20(10-14)32-4/h5-10H,12,26H2,1-4H3. The van der Waals surface area contributed by atoms with Gasteiger partial charge in [0.25, 0.3) is 0 Å². The molecule has 176 valence electrons. The second-order valence-electron chi connectivity index (χ2n) is 6.80. The number of methoxy groups -OCH3 is 4. The fourth-order valence-electron chi connectivity index (χ4n) is 3.13. The van der Waals surface area contributed by atoms with Crippen LogP contribution in [-0.2, 0) is 0 Å². The van der Waals surface area contributed by atoms with Gasteiger partial charge in [-0.1, -0.05) is 0 Å². The highest BCUT2D eigenvalue weighted by molar-refractivity contribution is 8.01. The topological polar surface area (TPSA) is 121 Å². The summed E-state index contributed by atoms with van der Waals surface area (Å²) < 4.78 is 21.4. The monoisotopic (exact) mass is 498 g/mol. The Kier molecular flexibility index (Phi) is 8.04. The van der Waals surface area contributed by atoms with Gasteiger partial charge in [0.05, 0.1) is 44.1 Å². The second kappa shape index (κ2) is 11.0. The molecule has 0 aliphatic heterocycles. The third-order valence-electron chi connectivity index (χ3n) is 4.92. The molecule has 0 spiro atoms. The van der Waals surface area contributed by atoms with Crippen molar-refractivity contribution < 1.29 is 28.5 Å². The predicted octanol–water partition coefficient (Wildman–Crippen LogP) is 4.44. The maximum atomic E-state index is 13.1. The number of thiophene rings is 1. The Morgan fingerprint density at radius 3 is 1.97 bits per heavy atom. The van der Waals surface area contributed by atoms with Crippen LogP contribution in [0, 0.1) is 11.3 Å². The molecule has 3 rings (SSSR count). The highest BCUT2D eigenvalue weighted by Crippen LogP contribution is 2.40. The third kappa shape index (κ3) is 4.95. The molecule has 0 fully saturated rings. The van der Waals surface area contributed by atoms with E-state index in [0.717, 1.165) is 23.1 Å². The number of nitrogens with zero attached hydrogens (tertiary/aromatic N) is 1. The lowest BCUT2D eigenvalue weighted by atomic mass is 10.1. The van der Waals surface area contributed by atoms with Crippen molar-refractivity contribution in [1.29, 1.82) is 5.26 Å². The lowest BCUT2D eigenvalue weighted by Gasteiger charge is -2.09. The van der Waals surface area contributed by atoms with Gasteiger partial charge in [0, 0.05) is 11.1 Å². The zero-order chi connectivity index (χ0) is 24.8. The van der Waals surface area contributed by atoms with Crippen LogP contribution in [0.3, 0.4) is 0 Å². The van der Waals surface area contributed by atoms with Crippen LogP contribution in [0.4, 0.5) is 5.69 Å². The Bertz CT molecular complexity index is 1280. The quantitative estimate of drug-likeness (QED) is 0.319. The van der Waals surface area contributed by atoms with Crippen molar-refractivity contribution in [3.8, 4) is 29.1 Å². The maximum absolute atomic E-state index is 13.1. The normalized spacial score (nSPS) is 10.3. The van der Waals surface area contributed by atoms with Crippen molar-refractivity contribution in [1.82, 2.24) is 0 Å². The lowest BCUT2D eigenvalue weighted by molar-refractivity contribution is 0.101. The van der Waals surface area contributed by atoms with Crippen molar-refractivity contribution >= 4 is 40.4 Å². The minimum Gasteiger partial charge on any atom is -0.493 e. The van der Waals surface area contributed by atoms with Crippen LogP contribution in [-0.4, -0.2) is 45.8 Å². The Labute approximate surface area is 205 Å². The molecular formula is C24H22N2O6S2. The van der Waals surface area contributed by atoms with E-state index in [0.29, 0.717) is 38.3 Å². The molecule has 0 bridgehead atoms. The van der Waals surface area contributed by atoms with E-state index in [1.807, 2.05) is 6.07 Å². The third-order valence-corrected chi connectivity index (χ3v) is 7.39. The lowest BCUT2D eigenvalue weighted by Crippen LogP contribution is -2.04. The first-order valence-corrected chi connectivity index (χ1v) is 11.7. The van der Waals surface area contributed by atoms with E-state index in [4.69, 9.17) is 24.7 Å². The van der Waals surface area contributed by atoms with Crippen LogP contribution in [0.1, 0.15) is 31.2 Å². The average Bonchev–Trinajstić information content (AvgIpc) is 3.20. The molecule has 1 heterocycles. The number of ether oxygens (including phenoxy) is 4. The highest BCUT2D eigenvalue weighted by atomic mass is 32.2. The van der Waals surface area contributed by atoms with Gasteiger partial charge in [-0.15, -0.1) is 23.1 Å². The van der Waals surface area contributed by atoms with Crippen molar-refractivity contribution in [2.24, 2.45) is 0 Å². The summed E-state index contributed by atoms with van der Waals surface area (Å²) in [6.07, 6.45) is 0. The van der Waals surface area contributed by atoms with E-state index in [2.05, 4.69) is 0 Å². The van der Waals surface area contributed by atoms with E-state index in [9.17, 15) is 14.9 Å². The summed E-state index contributed by atoms with van der Waals surface area (Å²) in [6, 6.07) is 11.7. The van der Waals surface area contributed by atoms with E-state index < -0.39 is 0 Å². The molecule has 1 aromatic heterocycles. The van der Waals surface area contributed by atoms with Gasteiger partial charge < -0.3 is 24.7 Å². The molecule has 8 nitrogen and oxygen atoms in total. The van der Waals surface area contributed by atoms with Crippen LogP contribution < -0.4 is 24.7 Å². The number of anilines is 1. The molecule has 10 heteroatoms.